The maximum Gasteiger partial charge on any atom is 0.241 e. The van der Waals surface area contributed by atoms with Crippen molar-refractivity contribution in [3.8, 4) is 11.6 Å². The maximum atomic E-state index is 11.7. The van der Waals surface area contributed by atoms with E-state index in [0.29, 0.717) is 20.3 Å². The van der Waals surface area contributed by atoms with Crippen molar-refractivity contribution in [1.29, 1.82) is 0 Å². The first-order valence-corrected chi connectivity index (χ1v) is 8.58. The van der Waals surface area contributed by atoms with Crippen LogP contribution in [0.15, 0.2) is 39.8 Å². The van der Waals surface area contributed by atoms with Crippen LogP contribution in [0.5, 0.6) is 11.6 Å². The van der Waals surface area contributed by atoms with Crippen molar-refractivity contribution in [2.75, 3.05) is 7.05 Å². The van der Waals surface area contributed by atoms with Gasteiger partial charge in [-0.2, -0.15) is 0 Å². The zero-order chi connectivity index (χ0) is 15.6. The first-order chi connectivity index (χ1) is 9.83. The fraction of sp³-hybridized carbons (Fsp3) is 0.0833. The molecule has 2 rings (SSSR count). The van der Waals surface area contributed by atoms with Crippen LogP contribution in [0.4, 0.5) is 0 Å². The van der Waals surface area contributed by atoms with Gasteiger partial charge < -0.3 is 4.74 Å². The monoisotopic (exact) mass is 410 g/mol. The minimum absolute atomic E-state index is 0.0198. The molecule has 1 N–H and O–H groups in total. The molecule has 0 atom stereocenters. The van der Waals surface area contributed by atoms with Crippen LogP contribution in [0.2, 0.25) is 10.0 Å². The molecule has 0 saturated carbocycles. The lowest BCUT2D eigenvalue weighted by atomic mass is 10.3. The fourth-order valence-electron chi connectivity index (χ4n) is 1.41. The Morgan fingerprint density at radius 2 is 2.00 bits per heavy atom. The van der Waals surface area contributed by atoms with Gasteiger partial charge in [-0.05, 0) is 47.2 Å². The minimum Gasteiger partial charge on any atom is -0.436 e. The van der Waals surface area contributed by atoms with Crippen LogP contribution in [-0.4, -0.2) is 20.4 Å². The second kappa shape index (κ2) is 6.50. The van der Waals surface area contributed by atoms with Crippen molar-refractivity contribution in [2.45, 2.75) is 4.90 Å². The van der Waals surface area contributed by atoms with Crippen molar-refractivity contribution in [2.24, 2.45) is 0 Å². The van der Waals surface area contributed by atoms with E-state index in [4.69, 9.17) is 27.9 Å². The number of pyridine rings is 1. The lowest BCUT2D eigenvalue weighted by molar-refractivity contribution is 0.458. The highest BCUT2D eigenvalue weighted by atomic mass is 79.9. The zero-order valence-corrected chi connectivity index (χ0v) is 14.5. The molecule has 0 bridgehead atoms. The predicted molar refractivity (Wildman–Crippen MR) is 84.7 cm³/mol. The smallest absolute Gasteiger partial charge is 0.241 e. The number of ether oxygens (including phenoxy) is 1. The summed E-state index contributed by atoms with van der Waals surface area (Å²) >= 11 is 15.0. The Kier molecular flexibility index (Phi) is 5.11. The largest absolute Gasteiger partial charge is 0.436 e. The second-order valence-electron chi connectivity index (χ2n) is 3.84. The first-order valence-electron chi connectivity index (χ1n) is 5.55. The summed E-state index contributed by atoms with van der Waals surface area (Å²) in [4.78, 5) is 3.99. The number of rotatable bonds is 4. The van der Waals surface area contributed by atoms with Gasteiger partial charge in [0.2, 0.25) is 15.9 Å². The third-order valence-corrected chi connectivity index (χ3v) is 4.94. The molecule has 0 aliphatic carbocycles. The topological polar surface area (TPSA) is 68.3 Å². The molecule has 1 heterocycles. The molecule has 5 nitrogen and oxygen atoms in total. The highest BCUT2D eigenvalue weighted by Gasteiger charge is 2.16. The van der Waals surface area contributed by atoms with Gasteiger partial charge in [0.1, 0.15) is 10.6 Å². The summed E-state index contributed by atoms with van der Waals surface area (Å²) in [7, 11) is -2.25. The van der Waals surface area contributed by atoms with Crippen molar-refractivity contribution < 1.29 is 13.2 Å². The van der Waals surface area contributed by atoms with E-state index in [2.05, 4.69) is 25.6 Å². The SMILES string of the molecule is CNS(=O)(=O)c1cnc(Oc2ccc(Cl)cc2Cl)c(Br)c1. The summed E-state index contributed by atoms with van der Waals surface area (Å²) in [6.45, 7) is 0. The van der Waals surface area contributed by atoms with E-state index in [0.717, 1.165) is 0 Å². The van der Waals surface area contributed by atoms with Crippen LogP contribution >= 0.6 is 39.1 Å². The highest BCUT2D eigenvalue weighted by molar-refractivity contribution is 9.10. The molecule has 0 fully saturated rings. The maximum absolute atomic E-state index is 11.7. The van der Waals surface area contributed by atoms with Gasteiger partial charge in [0.05, 0.1) is 15.7 Å². The number of aromatic nitrogens is 1. The van der Waals surface area contributed by atoms with Gasteiger partial charge in [0, 0.05) is 5.02 Å². The Balaban J connectivity index is 2.34. The summed E-state index contributed by atoms with van der Waals surface area (Å²) in [6, 6.07) is 6.14. The number of sulfonamides is 1. The van der Waals surface area contributed by atoms with E-state index < -0.39 is 10.0 Å². The molecular formula is C12H9BrCl2N2O3S. The molecule has 0 radical (unpaired) electrons. The summed E-state index contributed by atoms with van der Waals surface area (Å²) < 4.78 is 31.4. The molecular weight excluding hydrogens is 403 g/mol. The van der Waals surface area contributed by atoms with E-state index in [9.17, 15) is 8.42 Å². The van der Waals surface area contributed by atoms with Crippen molar-refractivity contribution in [3.05, 3.63) is 45.0 Å². The molecule has 1 aromatic heterocycles. The average Bonchev–Trinajstić information content (AvgIpc) is 2.43. The number of nitrogens with zero attached hydrogens (tertiary/aromatic N) is 1. The number of halogens is 3. The molecule has 21 heavy (non-hydrogen) atoms. The second-order valence-corrected chi connectivity index (χ2v) is 7.43. The average molecular weight is 412 g/mol. The minimum atomic E-state index is -3.57. The molecule has 0 aliphatic rings. The molecule has 0 spiro atoms. The lowest BCUT2D eigenvalue weighted by Gasteiger charge is -2.09. The molecule has 0 aliphatic heterocycles. The molecule has 2 aromatic rings. The molecule has 1 aromatic carbocycles. The van der Waals surface area contributed by atoms with Crippen molar-refractivity contribution >= 4 is 49.2 Å². The van der Waals surface area contributed by atoms with Crippen molar-refractivity contribution in [3.63, 3.8) is 0 Å². The van der Waals surface area contributed by atoms with Crippen LogP contribution in [-0.2, 0) is 10.0 Å². The number of nitrogens with one attached hydrogen (secondary N) is 1. The van der Waals surface area contributed by atoms with Gasteiger partial charge in [-0.1, -0.05) is 23.2 Å². The molecule has 0 saturated heterocycles. The summed E-state index contributed by atoms with van der Waals surface area (Å²) in [6.07, 6.45) is 1.19. The van der Waals surface area contributed by atoms with Crippen LogP contribution in [0.25, 0.3) is 0 Å². The van der Waals surface area contributed by atoms with E-state index >= 15 is 0 Å². The van der Waals surface area contributed by atoms with E-state index in [-0.39, 0.29) is 10.8 Å². The Bertz CT molecular complexity index is 784. The van der Waals surface area contributed by atoms with Crippen molar-refractivity contribution in [1.82, 2.24) is 9.71 Å². The molecule has 0 amide bonds. The van der Waals surface area contributed by atoms with Gasteiger partial charge in [0.15, 0.2) is 0 Å². The summed E-state index contributed by atoms with van der Waals surface area (Å²) in [5.74, 6) is 0.549. The third-order valence-electron chi connectivity index (χ3n) is 2.46. The van der Waals surface area contributed by atoms with E-state index in [1.165, 1.54) is 25.4 Å². The Morgan fingerprint density at radius 3 is 2.57 bits per heavy atom. The third kappa shape index (κ3) is 3.87. The quantitative estimate of drug-likeness (QED) is 0.829. The molecule has 0 unspecified atom stereocenters. The number of hydrogen-bond donors (Lipinski definition) is 1. The van der Waals surface area contributed by atoms with Crippen LogP contribution in [0.3, 0.4) is 0 Å². The Hall–Kier alpha value is -0.860. The molecule has 9 heteroatoms. The number of hydrogen-bond acceptors (Lipinski definition) is 4. The normalized spacial score (nSPS) is 11.4. The standard InChI is InChI=1S/C12H9BrCl2N2O3S/c1-16-21(18,19)8-5-9(13)12(17-6-8)20-11-3-2-7(14)4-10(11)15/h2-6,16H,1H3. The summed E-state index contributed by atoms with van der Waals surface area (Å²) in [5.41, 5.74) is 0. The van der Waals surface area contributed by atoms with Gasteiger partial charge in [-0.15, -0.1) is 0 Å². The fourth-order valence-corrected chi connectivity index (χ4v) is 3.14. The lowest BCUT2D eigenvalue weighted by Crippen LogP contribution is -2.18. The zero-order valence-electron chi connectivity index (χ0n) is 10.6. The highest BCUT2D eigenvalue weighted by Crippen LogP contribution is 2.34. The summed E-state index contributed by atoms with van der Waals surface area (Å²) in [5, 5.41) is 0.804. The van der Waals surface area contributed by atoms with E-state index in [1.807, 2.05) is 0 Å². The number of benzene rings is 1. The van der Waals surface area contributed by atoms with Crippen LogP contribution in [0, 0.1) is 0 Å². The van der Waals surface area contributed by atoms with Crippen LogP contribution < -0.4 is 9.46 Å². The Labute approximate surface area is 140 Å². The first kappa shape index (κ1) is 16.5. The van der Waals surface area contributed by atoms with Gasteiger partial charge >= 0.3 is 0 Å². The predicted octanol–water partition coefficient (Wildman–Crippen LogP) is 3.85. The molecule has 112 valence electrons. The van der Waals surface area contributed by atoms with Crippen LogP contribution in [0.1, 0.15) is 0 Å². The Morgan fingerprint density at radius 1 is 1.29 bits per heavy atom. The van der Waals surface area contributed by atoms with E-state index in [1.54, 1.807) is 12.1 Å². The van der Waals surface area contributed by atoms with Gasteiger partial charge in [0.25, 0.3) is 0 Å². The van der Waals surface area contributed by atoms with Gasteiger partial charge in [-0.25, -0.2) is 18.1 Å². The van der Waals surface area contributed by atoms with Gasteiger partial charge in [-0.3, -0.25) is 0 Å².